The van der Waals surface area contributed by atoms with E-state index in [-0.39, 0.29) is 17.4 Å². The van der Waals surface area contributed by atoms with E-state index in [1.54, 1.807) is 31.0 Å². The number of amides is 1. The number of halogens is 3. The van der Waals surface area contributed by atoms with Crippen molar-refractivity contribution in [2.24, 2.45) is 0 Å². The normalized spacial score (nSPS) is 20.1. The number of allylic oxidation sites excluding steroid dienone is 2. The number of alkyl halides is 3. The van der Waals surface area contributed by atoms with Gasteiger partial charge < -0.3 is 9.64 Å². The van der Waals surface area contributed by atoms with E-state index in [2.05, 4.69) is 4.98 Å². The van der Waals surface area contributed by atoms with Gasteiger partial charge in [0, 0.05) is 18.1 Å². The molecular formula is C25H23F3N4O2S. The lowest BCUT2D eigenvalue weighted by molar-refractivity contribution is -0.132. The Morgan fingerprint density at radius 3 is 2.80 bits per heavy atom. The molecule has 0 N–H and O–H groups in total. The maximum Gasteiger partial charge on any atom is 0.417 e. The molecule has 2 aliphatic rings. The number of carbonyl (C=O) groups excluding carboxylic acids is 1. The molecule has 1 aliphatic carbocycles. The molecular weight excluding hydrogens is 477 g/mol. The average molecular weight is 501 g/mol. The zero-order chi connectivity index (χ0) is 25.4. The molecule has 1 aromatic heterocycles. The van der Waals surface area contributed by atoms with Crippen molar-refractivity contribution >= 4 is 34.1 Å². The standard InChI is InChI=1S/C25H23F3N4O2S/c1-24(2)22(33)32(18-7-6-17(15-29)20(14-18)25(26,27)28)23(35)31(24)11-4-12-34-19-8-9-21-16(13-19)5-3-10-30-21/h3,5-6,8-10,13-14,18H,4,7,11-12H2,1-2H3. The van der Waals surface area contributed by atoms with Gasteiger partial charge in [-0.2, -0.15) is 18.4 Å². The Labute approximate surface area is 206 Å². The van der Waals surface area contributed by atoms with Crippen LogP contribution in [-0.4, -0.2) is 56.7 Å². The number of benzene rings is 1. The summed E-state index contributed by atoms with van der Waals surface area (Å²) >= 11 is 5.54. The van der Waals surface area contributed by atoms with Crippen molar-refractivity contribution in [1.82, 2.24) is 14.8 Å². The molecule has 35 heavy (non-hydrogen) atoms. The van der Waals surface area contributed by atoms with Gasteiger partial charge in [0.05, 0.1) is 35.4 Å². The second kappa shape index (κ2) is 9.30. The summed E-state index contributed by atoms with van der Waals surface area (Å²) in [4.78, 5) is 20.4. The van der Waals surface area contributed by atoms with Crippen LogP contribution in [-0.2, 0) is 4.79 Å². The van der Waals surface area contributed by atoms with Gasteiger partial charge in [0.1, 0.15) is 11.3 Å². The molecule has 1 unspecified atom stereocenters. The molecule has 2 heterocycles. The molecule has 1 amide bonds. The SMILES string of the molecule is CC1(C)C(=O)N(C2C=C(C(F)(F)F)C(C#N)=CC2)C(=S)N1CCCOc1ccc2ncccc2c1. The van der Waals surface area contributed by atoms with Crippen molar-refractivity contribution in [3.05, 3.63) is 59.8 Å². The number of fused-ring (bicyclic) bond motifs is 1. The predicted molar refractivity (Wildman–Crippen MR) is 128 cm³/mol. The van der Waals surface area contributed by atoms with Crippen LogP contribution in [0.2, 0.25) is 0 Å². The lowest BCUT2D eigenvalue weighted by Crippen LogP contribution is -2.45. The number of rotatable bonds is 6. The maximum absolute atomic E-state index is 13.5. The summed E-state index contributed by atoms with van der Waals surface area (Å²) in [5.41, 5.74) is -1.63. The van der Waals surface area contributed by atoms with Crippen LogP contribution in [0.25, 0.3) is 10.9 Å². The summed E-state index contributed by atoms with van der Waals surface area (Å²) in [5, 5.41) is 10.2. The first-order valence-electron chi connectivity index (χ1n) is 11.1. The molecule has 1 aliphatic heterocycles. The Hall–Kier alpha value is -3.45. The number of nitriles is 1. The molecule has 1 saturated heterocycles. The highest BCUT2D eigenvalue weighted by atomic mass is 32.1. The van der Waals surface area contributed by atoms with Crippen molar-refractivity contribution in [2.75, 3.05) is 13.2 Å². The lowest BCUT2D eigenvalue weighted by atomic mass is 9.93. The third-order valence-electron chi connectivity index (χ3n) is 6.19. The number of thiocarbonyl (C=S) groups is 1. The zero-order valence-electron chi connectivity index (χ0n) is 19.2. The summed E-state index contributed by atoms with van der Waals surface area (Å²) in [6.45, 7) is 4.16. The van der Waals surface area contributed by atoms with Crippen LogP contribution in [0.3, 0.4) is 0 Å². The number of hydrogen-bond donors (Lipinski definition) is 0. The van der Waals surface area contributed by atoms with E-state index in [9.17, 15) is 18.0 Å². The monoisotopic (exact) mass is 500 g/mol. The first-order valence-corrected chi connectivity index (χ1v) is 11.5. The summed E-state index contributed by atoms with van der Waals surface area (Å²) in [5.74, 6) is 0.320. The van der Waals surface area contributed by atoms with Gasteiger partial charge in [-0.25, -0.2) is 0 Å². The molecule has 1 atom stereocenters. The largest absolute Gasteiger partial charge is 0.494 e. The van der Waals surface area contributed by atoms with Crippen LogP contribution >= 0.6 is 12.2 Å². The van der Waals surface area contributed by atoms with Crippen LogP contribution in [0, 0.1) is 11.3 Å². The Bertz CT molecular complexity index is 1280. The molecule has 182 valence electrons. The van der Waals surface area contributed by atoms with Crippen molar-refractivity contribution < 1.29 is 22.7 Å². The molecule has 4 rings (SSSR count). The number of pyridine rings is 1. The minimum absolute atomic E-state index is 0.0816. The Balaban J connectivity index is 1.43. The molecule has 6 nitrogen and oxygen atoms in total. The third kappa shape index (κ3) is 4.73. The first kappa shape index (κ1) is 24.7. The third-order valence-corrected chi connectivity index (χ3v) is 6.61. The zero-order valence-corrected chi connectivity index (χ0v) is 20.0. The Morgan fingerprint density at radius 2 is 2.09 bits per heavy atom. The van der Waals surface area contributed by atoms with E-state index in [1.807, 2.05) is 30.3 Å². The minimum Gasteiger partial charge on any atom is -0.494 e. The van der Waals surface area contributed by atoms with Crippen molar-refractivity contribution in [1.29, 1.82) is 5.26 Å². The fraction of sp³-hybridized carbons (Fsp3) is 0.360. The summed E-state index contributed by atoms with van der Waals surface area (Å²) < 4.78 is 46.3. The van der Waals surface area contributed by atoms with Crippen molar-refractivity contribution in [2.45, 2.75) is 44.4 Å². The van der Waals surface area contributed by atoms with Gasteiger partial charge >= 0.3 is 6.18 Å². The van der Waals surface area contributed by atoms with Gasteiger partial charge in [-0.05, 0) is 69.2 Å². The molecule has 1 aromatic carbocycles. The van der Waals surface area contributed by atoms with E-state index in [4.69, 9.17) is 22.2 Å². The highest BCUT2D eigenvalue weighted by Gasteiger charge is 2.51. The Morgan fingerprint density at radius 1 is 1.31 bits per heavy atom. The number of ether oxygens (including phenoxy) is 1. The first-order chi connectivity index (χ1) is 16.5. The molecule has 2 aromatic rings. The van der Waals surface area contributed by atoms with Crippen LogP contribution in [0.4, 0.5) is 13.2 Å². The van der Waals surface area contributed by atoms with Gasteiger partial charge in [0.2, 0.25) is 0 Å². The highest BCUT2D eigenvalue weighted by Crippen LogP contribution is 2.38. The van der Waals surface area contributed by atoms with E-state index < -0.39 is 28.9 Å². The highest BCUT2D eigenvalue weighted by molar-refractivity contribution is 7.80. The van der Waals surface area contributed by atoms with Gasteiger partial charge in [-0.1, -0.05) is 12.1 Å². The van der Waals surface area contributed by atoms with Gasteiger partial charge in [-0.3, -0.25) is 14.7 Å². The summed E-state index contributed by atoms with van der Waals surface area (Å²) in [6, 6.07) is 10.1. The quantitative estimate of drug-likeness (QED) is 0.414. The molecule has 10 heteroatoms. The topological polar surface area (TPSA) is 69.5 Å². The van der Waals surface area contributed by atoms with E-state index in [0.29, 0.717) is 25.3 Å². The molecule has 0 spiro atoms. The fourth-order valence-electron chi connectivity index (χ4n) is 4.32. The predicted octanol–water partition coefficient (Wildman–Crippen LogP) is 4.92. The smallest absolute Gasteiger partial charge is 0.417 e. The van der Waals surface area contributed by atoms with Gasteiger partial charge in [0.15, 0.2) is 5.11 Å². The number of aromatic nitrogens is 1. The fourth-order valence-corrected chi connectivity index (χ4v) is 4.86. The summed E-state index contributed by atoms with van der Waals surface area (Å²) in [6.07, 6.45) is -0.206. The molecule has 0 bridgehead atoms. The van der Waals surface area contributed by atoms with Crippen molar-refractivity contribution in [3.8, 4) is 11.8 Å². The van der Waals surface area contributed by atoms with Crippen LogP contribution in [0.5, 0.6) is 5.75 Å². The average Bonchev–Trinajstić information content (AvgIpc) is 2.99. The molecule has 0 radical (unpaired) electrons. The lowest BCUT2D eigenvalue weighted by Gasteiger charge is -2.30. The van der Waals surface area contributed by atoms with Crippen LogP contribution in [0.15, 0.2) is 59.8 Å². The molecule has 1 fully saturated rings. The van der Waals surface area contributed by atoms with Crippen molar-refractivity contribution in [3.63, 3.8) is 0 Å². The van der Waals surface area contributed by atoms with Crippen LogP contribution in [0.1, 0.15) is 26.7 Å². The summed E-state index contributed by atoms with van der Waals surface area (Å²) in [7, 11) is 0. The minimum atomic E-state index is -4.70. The number of carbonyl (C=O) groups is 1. The van der Waals surface area contributed by atoms with Crippen LogP contribution < -0.4 is 4.74 Å². The number of hydrogen-bond acceptors (Lipinski definition) is 5. The van der Waals surface area contributed by atoms with E-state index >= 15 is 0 Å². The second-order valence-electron chi connectivity index (χ2n) is 8.84. The second-order valence-corrected chi connectivity index (χ2v) is 9.20. The van der Waals surface area contributed by atoms with E-state index in [0.717, 1.165) is 17.0 Å². The van der Waals surface area contributed by atoms with Gasteiger partial charge in [-0.15, -0.1) is 0 Å². The Kier molecular flexibility index (Phi) is 6.56. The number of nitrogens with zero attached hydrogens (tertiary/aromatic N) is 4. The molecule has 0 saturated carbocycles. The van der Waals surface area contributed by atoms with E-state index in [1.165, 1.54) is 11.0 Å². The maximum atomic E-state index is 13.5. The van der Waals surface area contributed by atoms with Gasteiger partial charge in [0.25, 0.3) is 5.91 Å².